The van der Waals surface area contributed by atoms with Crippen molar-refractivity contribution in [2.45, 2.75) is 24.8 Å². The number of anilines is 1. The third-order valence-electron chi connectivity index (χ3n) is 3.44. The van der Waals surface area contributed by atoms with Crippen molar-refractivity contribution in [3.8, 4) is 0 Å². The van der Waals surface area contributed by atoms with Crippen LogP contribution >= 0.6 is 15.9 Å². The van der Waals surface area contributed by atoms with Crippen molar-refractivity contribution in [1.29, 1.82) is 0 Å². The molecule has 84 valence electrons. The molecule has 1 aromatic rings. The number of nitrogens with one attached hydrogen (secondary N) is 1. The lowest BCUT2D eigenvalue weighted by Crippen LogP contribution is -2.54. The molecule has 1 aliphatic heterocycles. The minimum Gasteiger partial charge on any atom is -0.338 e. The Balaban J connectivity index is 2.00. The Labute approximate surface area is 103 Å². The summed E-state index contributed by atoms with van der Waals surface area (Å²) in [7, 11) is 0. The normalized spacial score (nSPS) is 22.1. The second-order valence-corrected chi connectivity index (χ2v) is 5.44. The Morgan fingerprint density at radius 1 is 1.31 bits per heavy atom. The number of urea groups is 1. The fraction of sp³-hybridized carbons (Fsp3) is 0.417. The van der Waals surface area contributed by atoms with Crippen LogP contribution in [-0.2, 0) is 0 Å². The van der Waals surface area contributed by atoms with Crippen LogP contribution in [0, 0.1) is 0 Å². The minimum atomic E-state index is 0.0434. The van der Waals surface area contributed by atoms with E-state index in [1.54, 1.807) is 0 Å². The molecule has 1 aliphatic carbocycles. The molecule has 0 bridgehead atoms. The van der Waals surface area contributed by atoms with Gasteiger partial charge in [-0.2, -0.15) is 0 Å². The molecule has 1 saturated carbocycles. The molecular weight excluding hydrogens is 268 g/mol. The summed E-state index contributed by atoms with van der Waals surface area (Å²) < 4.78 is 1.01. The second kappa shape index (κ2) is 3.48. The highest BCUT2D eigenvalue weighted by atomic mass is 79.9. The van der Waals surface area contributed by atoms with E-state index in [4.69, 9.17) is 0 Å². The molecule has 0 atom stereocenters. The number of carbonyl (C=O) groups excluding carboxylic acids is 1. The summed E-state index contributed by atoms with van der Waals surface area (Å²) in [6, 6.07) is 7.99. The van der Waals surface area contributed by atoms with Gasteiger partial charge in [0.15, 0.2) is 0 Å². The maximum atomic E-state index is 12.0. The monoisotopic (exact) mass is 280 g/mol. The zero-order valence-electron chi connectivity index (χ0n) is 8.87. The van der Waals surface area contributed by atoms with Crippen LogP contribution in [0.15, 0.2) is 28.7 Å². The van der Waals surface area contributed by atoms with Crippen molar-refractivity contribution in [3.63, 3.8) is 0 Å². The molecule has 1 heterocycles. The average molecular weight is 281 g/mol. The van der Waals surface area contributed by atoms with Gasteiger partial charge in [0.2, 0.25) is 0 Å². The summed E-state index contributed by atoms with van der Waals surface area (Å²) in [5.41, 5.74) is 1.10. The number of hydrogen-bond acceptors (Lipinski definition) is 1. The van der Waals surface area contributed by atoms with Gasteiger partial charge < -0.3 is 5.32 Å². The Morgan fingerprint density at radius 2 is 2.12 bits per heavy atom. The summed E-state index contributed by atoms with van der Waals surface area (Å²) in [5, 5.41) is 2.92. The molecule has 2 fully saturated rings. The first-order chi connectivity index (χ1) is 7.71. The molecule has 3 nitrogen and oxygen atoms in total. The van der Waals surface area contributed by atoms with Crippen LogP contribution in [0.25, 0.3) is 0 Å². The fourth-order valence-corrected chi connectivity index (χ4v) is 2.82. The summed E-state index contributed by atoms with van der Waals surface area (Å²) in [6.45, 7) is 0.809. The predicted octanol–water partition coefficient (Wildman–Crippen LogP) is 2.90. The average Bonchev–Trinajstić information content (AvgIpc) is 2.98. The molecule has 16 heavy (non-hydrogen) atoms. The van der Waals surface area contributed by atoms with E-state index >= 15 is 0 Å². The Morgan fingerprint density at radius 3 is 2.81 bits per heavy atom. The highest BCUT2D eigenvalue weighted by Crippen LogP contribution is 2.48. The smallest absolute Gasteiger partial charge is 0.322 e. The second-order valence-electron chi connectivity index (χ2n) is 4.52. The van der Waals surface area contributed by atoms with Gasteiger partial charge in [-0.1, -0.05) is 22.0 Å². The Kier molecular flexibility index (Phi) is 2.21. The lowest BCUT2D eigenvalue weighted by Gasteiger charge is -2.36. The predicted molar refractivity (Wildman–Crippen MR) is 66.6 cm³/mol. The van der Waals surface area contributed by atoms with Crippen LogP contribution in [0.4, 0.5) is 10.5 Å². The van der Waals surface area contributed by atoms with Crippen molar-refractivity contribution < 1.29 is 4.79 Å². The fourth-order valence-electron chi connectivity index (χ4n) is 2.43. The number of carbonyl (C=O) groups is 1. The van der Waals surface area contributed by atoms with Crippen molar-refractivity contribution in [1.82, 2.24) is 5.32 Å². The molecule has 4 heteroatoms. The van der Waals surface area contributed by atoms with E-state index in [9.17, 15) is 4.79 Å². The zero-order chi connectivity index (χ0) is 11.2. The van der Waals surface area contributed by atoms with Gasteiger partial charge in [-0.25, -0.2) is 4.79 Å². The maximum Gasteiger partial charge on any atom is 0.322 e. The van der Waals surface area contributed by atoms with Crippen LogP contribution < -0.4 is 10.2 Å². The number of nitrogens with zero attached hydrogens (tertiary/aromatic N) is 1. The van der Waals surface area contributed by atoms with Crippen LogP contribution in [0.2, 0.25) is 0 Å². The lowest BCUT2D eigenvalue weighted by atomic mass is 10.1. The van der Waals surface area contributed by atoms with Crippen molar-refractivity contribution >= 4 is 27.6 Å². The number of amides is 2. The number of benzene rings is 1. The van der Waals surface area contributed by atoms with Gasteiger partial charge in [-0.05, 0) is 37.5 Å². The van der Waals surface area contributed by atoms with Gasteiger partial charge in [-0.15, -0.1) is 0 Å². The van der Waals surface area contributed by atoms with Crippen LogP contribution in [-0.4, -0.2) is 18.1 Å². The minimum absolute atomic E-state index is 0.0434. The maximum absolute atomic E-state index is 12.0. The van der Waals surface area contributed by atoms with Gasteiger partial charge in [-0.3, -0.25) is 4.90 Å². The quantitative estimate of drug-likeness (QED) is 0.843. The van der Waals surface area contributed by atoms with E-state index in [1.807, 2.05) is 29.2 Å². The molecule has 0 unspecified atom stereocenters. The summed E-state index contributed by atoms with van der Waals surface area (Å²) >= 11 is 3.45. The topological polar surface area (TPSA) is 32.3 Å². The van der Waals surface area contributed by atoms with E-state index < -0.39 is 0 Å². The summed E-state index contributed by atoms with van der Waals surface area (Å²) in [4.78, 5) is 13.9. The van der Waals surface area contributed by atoms with E-state index in [-0.39, 0.29) is 11.6 Å². The summed E-state index contributed by atoms with van der Waals surface area (Å²) in [6.07, 6.45) is 3.32. The standard InChI is InChI=1S/C12H13BrN2O/c13-9-2-1-3-10(8-9)15-11(16)14-7-6-12(15)4-5-12/h1-3,8H,4-7H2,(H,14,16). The van der Waals surface area contributed by atoms with E-state index in [2.05, 4.69) is 21.2 Å². The first kappa shape index (κ1) is 10.1. The molecule has 1 spiro atoms. The summed E-state index contributed by atoms with van der Waals surface area (Å²) in [5.74, 6) is 0. The van der Waals surface area contributed by atoms with Crippen molar-refractivity contribution in [2.75, 3.05) is 11.4 Å². The van der Waals surface area contributed by atoms with Gasteiger partial charge in [0, 0.05) is 16.7 Å². The van der Waals surface area contributed by atoms with Crippen LogP contribution in [0.5, 0.6) is 0 Å². The lowest BCUT2D eigenvalue weighted by molar-refractivity contribution is 0.236. The molecule has 0 aromatic heterocycles. The highest BCUT2D eigenvalue weighted by Gasteiger charge is 2.52. The third-order valence-corrected chi connectivity index (χ3v) is 3.93. The molecule has 2 aliphatic rings. The Bertz CT molecular complexity index is 442. The largest absolute Gasteiger partial charge is 0.338 e. The van der Waals surface area contributed by atoms with Crippen molar-refractivity contribution in [2.24, 2.45) is 0 Å². The molecule has 1 N–H and O–H groups in total. The first-order valence-electron chi connectivity index (χ1n) is 5.55. The molecule has 1 saturated heterocycles. The van der Waals surface area contributed by atoms with Crippen LogP contribution in [0.3, 0.4) is 0 Å². The van der Waals surface area contributed by atoms with Gasteiger partial charge in [0.1, 0.15) is 0 Å². The number of halogens is 1. The zero-order valence-corrected chi connectivity index (χ0v) is 10.5. The van der Waals surface area contributed by atoms with E-state index in [1.165, 1.54) is 0 Å². The molecule has 3 rings (SSSR count). The van der Waals surface area contributed by atoms with Gasteiger partial charge >= 0.3 is 6.03 Å². The molecule has 2 amide bonds. The molecular formula is C12H13BrN2O. The number of rotatable bonds is 1. The van der Waals surface area contributed by atoms with Gasteiger partial charge in [0.05, 0.1) is 5.54 Å². The van der Waals surface area contributed by atoms with Crippen LogP contribution in [0.1, 0.15) is 19.3 Å². The molecule has 1 aromatic carbocycles. The highest BCUT2D eigenvalue weighted by molar-refractivity contribution is 9.10. The third kappa shape index (κ3) is 1.52. The first-order valence-corrected chi connectivity index (χ1v) is 6.34. The van der Waals surface area contributed by atoms with Gasteiger partial charge in [0.25, 0.3) is 0 Å². The number of hydrogen-bond donors (Lipinski definition) is 1. The van der Waals surface area contributed by atoms with E-state index in [0.29, 0.717) is 0 Å². The SMILES string of the molecule is O=C1NCCC2(CC2)N1c1cccc(Br)c1. The molecule has 0 radical (unpaired) electrons. The Hall–Kier alpha value is -1.03. The van der Waals surface area contributed by atoms with Crippen molar-refractivity contribution in [3.05, 3.63) is 28.7 Å². The van der Waals surface area contributed by atoms with E-state index in [0.717, 1.165) is 36.0 Å².